The van der Waals surface area contributed by atoms with Crippen molar-refractivity contribution in [3.8, 4) is 0 Å². The van der Waals surface area contributed by atoms with Gasteiger partial charge in [0.1, 0.15) is 0 Å². The van der Waals surface area contributed by atoms with Gasteiger partial charge in [-0.05, 0) is 11.6 Å². The molecular weight excluding hydrogens is 256 g/mol. The van der Waals surface area contributed by atoms with E-state index in [1.165, 1.54) is 11.0 Å². The summed E-state index contributed by atoms with van der Waals surface area (Å²) >= 11 is 0. The van der Waals surface area contributed by atoms with Gasteiger partial charge in [0.2, 0.25) is 11.7 Å². The van der Waals surface area contributed by atoms with E-state index in [9.17, 15) is 14.4 Å². The number of carbonyl (C=O) groups excluding carboxylic acids is 3. The average Bonchev–Trinajstić information content (AvgIpc) is 2.45. The van der Waals surface area contributed by atoms with Crippen LogP contribution < -0.4 is 5.32 Å². The minimum absolute atomic E-state index is 0.0995. The van der Waals surface area contributed by atoms with Crippen molar-refractivity contribution in [3.63, 3.8) is 0 Å². The van der Waals surface area contributed by atoms with Crippen molar-refractivity contribution in [1.29, 1.82) is 0 Å². The number of carbonyl (C=O) groups is 3. The van der Waals surface area contributed by atoms with Crippen molar-refractivity contribution in [2.24, 2.45) is 0 Å². The highest BCUT2D eigenvalue weighted by Crippen LogP contribution is 2.00. The Bertz CT molecular complexity index is 507. The van der Waals surface area contributed by atoms with Crippen molar-refractivity contribution in [2.75, 3.05) is 20.6 Å². The zero-order valence-electron chi connectivity index (χ0n) is 11.6. The first-order valence-electron chi connectivity index (χ1n) is 6.26. The second kappa shape index (κ2) is 7.89. The van der Waals surface area contributed by atoms with Crippen molar-refractivity contribution in [1.82, 2.24) is 10.2 Å². The van der Waals surface area contributed by atoms with Gasteiger partial charge in [-0.15, -0.1) is 0 Å². The number of rotatable bonds is 6. The maximum absolute atomic E-state index is 11.5. The van der Waals surface area contributed by atoms with Crippen molar-refractivity contribution in [3.05, 3.63) is 42.0 Å². The Morgan fingerprint density at radius 1 is 1.15 bits per heavy atom. The average molecular weight is 274 g/mol. The van der Waals surface area contributed by atoms with Crippen LogP contribution in [0.2, 0.25) is 0 Å². The Kier molecular flexibility index (Phi) is 6.16. The van der Waals surface area contributed by atoms with Gasteiger partial charge < -0.3 is 10.2 Å². The highest BCUT2D eigenvalue weighted by atomic mass is 16.2. The molecule has 0 radical (unpaired) electrons. The van der Waals surface area contributed by atoms with Crippen LogP contribution in [0.5, 0.6) is 0 Å². The number of ketones is 1. The van der Waals surface area contributed by atoms with Gasteiger partial charge in [-0.25, -0.2) is 0 Å². The highest BCUT2D eigenvalue weighted by Gasteiger charge is 2.10. The van der Waals surface area contributed by atoms with Gasteiger partial charge in [0, 0.05) is 27.1 Å². The molecule has 106 valence electrons. The minimum Gasteiger partial charge on any atom is -0.349 e. The Balaban J connectivity index is 2.38. The molecule has 1 aromatic carbocycles. The third kappa shape index (κ3) is 5.48. The highest BCUT2D eigenvalue weighted by molar-refractivity contribution is 6.41. The molecule has 5 nitrogen and oxygen atoms in total. The molecular formula is C15H18N2O3. The molecule has 1 aromatic rings. The quantitative estimate of drug-likeness (QED) is 0.618. The van der Waals surface area contributed by atoms with E-state index in [1.807, 2.05) is 30.3 Å². The Morgan fingerprint density at radius 2 is 1.80 bits per heavy atom. The van der Waals surface area contributed by atoms with Crippen LogP contribution in [0.25, 0.3) is 6.08 Å². The number of hydrogen-bond donors (Lipinski definition) is 1. The summed E-state index contributed by atoms with van der Waals surface area (Å²) in [7, 11) is 3.27. The van der Waals surface area contributed by atoms with E-state index in [0.717, 1.165) is 5.56 Å². The summed E-state index contributed by atoms with van der Waals surface area (Å²) in [5.41, 5.74) is 0.844. The van der Waals surface area contributed by atoms with Crippen LogP contribution >= 0.6 is 0 Å². The van der Waals surface area contributed by atoms with Gasteiger partial charge >= 0.3 is 0 Å². The van der Waals surface area contributed by atoms with E-state index < -0.39 is 11.7 Å². The molecule has 0 aliphatic rings. The first-order valence-corrected chi connectivity index (χ1v) is 6.26. The maximum atomic E-state index is 11.5. The third-order valence-corrected chi connectivity index (χ3v) is 2.57. The van der Waals surface area contributed by atoms with Gasteiger partial charge in [0.15, 0.2) is 0 Å². The van der Waals surface area contributed by atoms with Crippen LogP contribution in [0.3, 0.4) is 0 Å². The lowest BCUT2D eigenvalue weighted by Crippen LogP contribution is -2.33. The molecule has 0 spiro atoms. The maximum Gasteiger partial charge on any atom is 0.291 e. The van der Waals surface area contributed by atoms with E-state index >= 15 is 0 Å². The molecule has 0 heterocycles. The molecule has 0 fully saturated rings. The summed E-state index contributed by atoms with van der Waals surface area (Å²) in [6.07, 6.45) is 2.97. The van der Waals surface area contributed by atoms with Crippen LogP contribution in [-0.4, -0.2) is 43.1 Å². The van der Waals surface area contributed by atoms with E-state index in [0.29, 0.717) is 0 Å². The van der Waals surface area contributed by atoms with Crippen LogP contribution in [0.1, 0.15) is 12.0 Å². The van der Waals surface area contributed by atoms with Gasteiger partial charge in [-0.1, -0.05) is 36.4 Å². The molecule has 0 unspecified atom stereocenters. The molecule has 0 aliphatic heterocycles. The second-order valence-electron chi connectivity index (χ2n) is 4.40. The molecule has 1 rings (SSSR count). The van der Waals surface area contributed by atoms with Crippen LogP contribution in [-0.2, 0) is 14.4 Å². The number of amides is 2. The summed E-state index contributed by atoms with van der Waals surface area (Å²) in [6, 6.07) is 9.22. The molecule has 1 N–H and O–H groups in total. The molecule has 0 saturated heterocycles. The lowest BCUT2D eigenvalue weighted by molar-refractivity contribution is -0.135. The van der Waals surface area contributed by atoms with Gasteiger partial charge in [-0.3, -0.25) is 14.4 Å². The molecule has 5 heteroatoms. The molecule has 2 amide bonds. The smallest absolute Gasteiger partial charge is 0.291 e. The monoisotopic (exact) mass is 274 g/mol. The number of benzene rings is 1. The predicted molar refractivity (Wildman–Crippen MR) is 76.8 cm³/mol. The van der Waals surface area contributed by atoms with Gasteiger partial charge in [-0.2, -0.15) is 0 Å². The van der Waals surface area contributed by atoms with Crippen molar-refractivity contribution in [2.45, 2.75) is 6.42 Å². The van der Waals surface area contributed by atoms with Crippen LogP contribution in [0.4, 0.5) is 0 Å². The van der Waals surface area contributed by atoms with E-state index in [4.69, 9.17) is 0 Å². The normalized spacial score (nSPS) is 10.3. The van der Waals surface area contributed by atoms with Crippen molar-refractivity contribution < 1.29 is 14.4 Å². The Labute approximate surface area is 118 Å². The molecule has 20 heavy (non-hydrogen) atoms. The fourth-order valence-electron chi connectivity index (χ4n) is 1.41. The van der Waals surface area contributed by atoms with E-state index in [1.54, 1.807) is 20.2 Å². The zero-order chi connectivity index (χ0) is 15.0. The predicted octanol–water partition coefficient (Wildman–Crippen LogP) is 0.863. The van der Waals surface area contributed by atoms with Gasteiger partial charge in [0.25, 0.3) is 5.91 Å². The Morgan fingerprint density at radius 3 is 2.40 bits per heavy atom. The minimum atomic E-state index is -0.705. The number of hydrogen-bond acceptors (Lipinski definition) is 3. The first-order chi connectivity index (χ1) is 9.50. The fraction of sp³-hybridized carbons (Fsp3) is 0.267. The van der Waals surface area contributed by atoms with Crippen LogP contribution in [0.15, 0.2) is 36.4 Å². The summed E-state index contributed by atoms with van der Waals surface area (Å²) in [6.45, 7) is 0.154. The van der Waals surface area contributed by atoms with E-state index in [-0.39, 0.29) is 18.9 Å². The lowest BCUT2D eigenvalue weighted by Gasteiger charge is -2.09. The zero-order valence-corrected chi connectivity index (χ0v) is 11.6. The standard InChI is InChI=1S/C15H18N2O3/c1-17(2)14(19)10-11-16-15(20)13(18)9-8-12-6-4-3-5-7-12/h3-9H,10-11H2,1-2H3,(H,16,20). The summed E-state index contributed by atoms with van der Waals surface area (Å²) < 4.78 is 0. The number of nitrogens with zero attached hydrogens (tertiary/aromatic N) is 1. The van der Waals surface area contributed by atoms with Crippen molar-refractivity contribution >= 4 is 23.7 Å². The fourth-order valence-corrected chi connectivity index (χ4v) is 1.41. The van der Waals surface area contributed by atoms with E-state index in [2.05, 4.69) is 5.32 Å². The molecule has 0 aliphatic carbocycles. The summed E-state index contributed by atoms with van der Waals surface area (Å²) in [5.74, 6) is -1.44. The largest absolute Gasteiger partial charge is 0.349 e. The second-order valence-corrected chi connectivity index (χ2v) is 4.40. The summed E-state index contributed by atoms with van der Waals surface area (Å²) in [5, 5.41) is 2.42. The van der Waals surface area contributed by atoms with Crippen LogP contribution in [0, 0.1) is 0 Å². The third-order valence-electron chi connectivity index (χ3n) is 2.57. The molecule has 0 atom stereocenters. The topological polar surface area (TPSA) is 66.5 Å². The summed E-state index contributed by atoms with van der Waals surface area (Å²) in [4.78, 5) is 35.7. The van der Waals surface area contributed by atoms with Gasteiger partial charge in [0.05, 0.1) is 0 Å². The molecule has 0 aromatic heterocycles. The Hall–Kier alpha value is -2.43. The lowest BCUT2D eigenvalue weighted by atomic mass is 10.2. The first kappa shape index (κ1) is 15.6. The molecule has 0 bridgehead atoms. The SMILES string of the molecule is CN(C)C(=O)CCNC(=O)C(=O)C=Cc1ccccc1. The number of nitrogens with one attached hydrogen (secondary N) is 1. The molecule has 0 saturated carbocycles.